The first kappa shape index (κ1) is 14.5. The van der Waals surface area contributed by atoms with Gasteiger partial charge in [0, 0.05) is 24.8 Å². The molecule has 0 aliphatic rings. The molecule has 1 rings (SSSR count). The summed E-state index contributed by atoms with van der Waals surface area (Å²) >= 11 is 0. The second-order valence-corrected chi connectivity index (χ2v) is 4.31. The molecule has 0 aromatic carbocycles. The summed E-state index contributed by atoms with van der Waals surface area (Å²) in [5.41, 5.74) is 1.21. The quantitative estimate of drug-likeness (QED) is 0.784. The molecular formula is C14H22N2O2. The Bertz CT molecular complexity index is 473. The van der Waals surface area contributed by atoms with Gasteiger partial charge < -0.3 is 9.67 Å². The smallest absolute Gasteiger partial charge is 0.223 e. The zero-order chi connectivity index (χ0) is 13.7. The lowest BCUT2D eigenvalue weighted by Gasteiger charge is -2.23. The molecule has 100 valence electrons. The van der Waals surface area contributed by atoms with Crippen LogP contribution in [0.15, 0.2) is 23.5 Å². The maximum Gasteiger partial charge on any atom is 0.223 e. The third-order valence-corrected chi connectivity index (χ3v) is 3.18. The molecule has 0 bridgehead atoms. The Balaban J connectivity index is 3.28. The van der Waals surface area contributed by atoms with E-state index in [0.717, 1.165) is 18.8 Å². The van der Waals surface area contributed by atoms with Gasteiger partial charge in [-0.15, -0.1) is 6.58 Å². The largest absolute Gasteiger partial charge is 0.503 e. The highest BCUT2D eigenvalue weighted by Crippen LogP contribution is 2.16. The maximum absolute atomic E-state index is 11.7. The number of pyridine rings is 1. The van der Waals surface area contributed by atoms with E-state index < -0.39 is 0 Å². The van der Waals surface area contributed by atoms with Crippen LogP contribution in [-0.4, -0.2) is 27.7 Å². The second kappa shape index (κ2) is 6.40. The van der Waals surface area contributed by atoms with Crippen LogP contribution in [0.3, 0.4) is 0 Å². The highest BCUT2D eigenvalue weighted by molar-refractivity contribution is 5.30. The first-order valence-electron chi connectivity index (χ1n) is 6.30. The molecule has 18 heavy (non-hydrogen) atoms. The van der Waals surface area contributed by atoms with E-state index in [0.29, 0.717) is 18.8 Å². The van der Waals surface area contributed by atoms with Gasteiger partial charge in [0.25, 0.3) is 0 Å². The third kappa shape index (κ3) is 3.01. The van der Waals surface area contributed by atoms with Gasteiger partial charge in [0.1, 0.15) is 0 Å². The van der Waals surface area contributed by atoms with E-state index in [-0.39, 0.29) is 11.2 Å². The Kier molecular flexibility index (Phi) is 5.16. The van der Waals surface area contributed by atoms with Crippen LogP contribution in [0.1, 0.15) is 25.2 Å². The Morgan fingerprint density at radius 3 is 2.56 bits per heavy atom. The number of hydrogen-bond donors (Lipinski definition) is 1. The monoisotopic (exact) mass is 250 g/mol. The summed E-state index contributed by atoms with van der Waals surface area (Å²) in [4.78, 5) is 13.8. The van der Waals surface area contributed by atoms with Gasteiger partial charge in [0.2, 0.25) is 5.43 Å². The van der Waals surface area contributed by atoms with Crippen LogP contribution < -0.4 is 5.43 Å². The van der Waals surface area contributed by atoms with E-state index in [1.165, 1.54) is 6.07 Å². The molecule has 0 spiro atoms. The molecule has 4 nitrogen and oxygen atoms in total. The van der Waals surface area contributed by atoms with Gasteiger partial charge in [0.15, 0.2) is 5.75 Å². The average molecular weight is 250 g/mol. The van der Waals surface area contributed by atoms with Gasteiger partial charge in [-0.2, -0.15) is 0 Å². The Morgan fingerprint density at radius 2 is 2.06 bits per heavy atom. The van der Waals surface area contributed by atoms with Crippen molar-refractivity contribution in [3.05, 3.63) is 40.3 Å². The van der Waals surface area contributed by atoms with E-state index >= 15 is 0 Å². The van der Waals surface area contributed by atoms with Crippen molar-refractivity contribution in [2.24, 2.45) is 0 Å². The molecule has 1 aromatic rings. The summed E-state index contributed by atoms with van der Waals surface area (Å²) in [6, 6.07) is 1.46. The zero-order valence-electron chi connectivity index (χ0n) is 11.4. The summed E-state index contributed by atoms with van der Waals surface area (Å²) in [5.74, 6) is -0.144. The van der Waals surface area contributed by atoms with Crippen molar-refractivity contribution < 1.29 is 5.11 Å². The molecule has 1 aromatic heterocycles. The number of aryl methyl sites for hydroxylation is 1. The lowest BCUT2D eigenvalue weighted by molar-refractivity contribution is 0.280. The molecule has 1 heterocycles. The highest BCUT2D eigenvalue weighted by atomic mass is 16.3. The van der Waals surface area contributed by atoms with Crippen LogP contribution in [0, 0.1) is 6.92 Å². The number of aromatic hydroxyl groups is 1. The summed E-state index contributed by atoms with van der Waals surface area (Å²) < 4.78 is 1.93. The average Bonchev–Trinajstić information content (AvgIpc) is 2.36. The fourth-order valence-corrected chi connectivity index (χ4v) is 2.02. The van der Waals surface area contributed by atoms with E-state index in [9.17, 15) is 9.90 Å². The van der Waals surface area contributed by atoms with Crippen LogP contribution in [0.2, 0.25) is 0 Å². The first-order valence-corrected chi connectivity index (χ1v) is 6.30. The molecule has 0 saturated heterocycles. The molecule has 0 saturated carbocycles. The molecule has 0 unspecified atom stereocenters. The normalized spacial score (nSPS) is 10.9. The second-order valence-electron chi connectivity index (χ2n) is 4.31. The van der Waals surface area contributed by atoms with Gasteiger partial charge >= 0.3 is 0 Å². The minimum Gasteiger partial charge on any atom is -0.503 e. The first-order chi connectivity index (χ1) is 8.54. The number of allylic oxidation sites excluding steroid dienone is 1. The van der Waals surface area contributed by atoms with Crippen LogP contribution in [0.5, 0.6) is 5.75 Å². The predicted molar refractivity (Wildman–Crippen MR) is 73.9 cm³/mol. The van der Waals surface area contributed by atoms with Gasteiger partial charge in [-0.25, -0.2) is 0 Å². The zero-order valence-corrected chi connectivity index (χ0v) is 11.4. The highest BCUT2D eigenvalue weighted by Gasteiger charge is 2.14. The molecule has 4 heteroatoms. The van der Waals surface area contributed by atoms with Gasteiger partial charge in [-0.1, -0.05) is 19.9 Å². The Labute approximate surface area is 108 Å². The standard InChI is InChI=1S/C14H22N2O2/c1-5-8-16-11(4)9-13(17)14(18)12(16)10-15(6-2)7-3/h5,9,18H,1,6-8,10H2,2-4H3. The van der Waals surface area contributed by atoms with Crippen LogP contribution >= 0.6 is 0 Å². The van der Waals surface area contributed by atoms with E-state index in [1.807, 2.05) is 11.5 Å². The van der Waals surface area contributed by atoms with Gasteiger partial charge in [0.05, 0.1) is 5.69 Å². The maximum atomic E-state index is 11.7. The number of hydrogen-bond acceptors (Lipinski definition) is 3. The molecule has 0 aliphatic heterocycles. The van der Waals surface area contributed by atoms with E-state index in [1.54, 1.807) is 6.08 Å². The number of rotatable bonds is 6. The molecule has 0 radical (unpaired) electrons. The lowest BCUT2D eigenvalue weighted by Crippen LogP contribution is -2.26. The Morgan fingerprint density at radius 1 is 1.44 bits per heavy atom. The van der Waals surface area contributed by atoms with Crippen LogP contribution in [-0.2, 0) is 13.1 Å². The fraction of sp³-hybridized carbons (Fsp3) is 0.500. The lowest BCUT2D eigenvalue weighted by atomic mass is 10.2. The molecule has 0 atom stereocenters. The summed E-state index contributed by atoms with van der Waals surface area (Å²) in [7, 11) is 0. The van der Waals surface area contributed by atoms with Crippen molar-refractivity contribution in [2.45, 2.75) is 33.9 Å². The van der Waals surface area contributed by atoms with E-state index in [4.69, 9.17) is 0 Å². The molecule has 0 fully saturated rings. The molecular weight excluding hydrogens is 228 g/mol. The summed E-state index contributed by atoms with van der Waals surface area (Å²) in [6.07, 6.45) is 1.77. The van der Waals surface area contributed by atoms with Gasteiger partial charge in [-0.3, -0.25) is 9.69 Å². The van der Waals surface area contributed by atoms with Crippen molar-refractivity contribution in [3.8, 4) is 5.75 Å². The van der Waals surface area contributed by atoms with Crippen molar-refractivity contribution in [2.75, 3.05) is 13.1 Å². The number of nitrogens with zero attached hydrogens (tertiary/aromatic N) is 2. The molecule has 0 aliphatic carbocycles. The van der Waals surface area contributed by atoms with Crippen LogP contribution in [0.25, 0.3) is 0 Å². The topological polar surface area (TPSA) is 45.5 Å². The Hall–Kier alpha value is -1.55. The van der Waals surface area contributed by atoms with E-state index in [2.05, 4.69) is 25.3 Å². The van der Waals surface area contributed by atoms with Crippen molar-refractivity contribution in [3.63, 3.8) is 0 Å². The fourth-order valence-electron chi connectivity index (χ4n) is 2.02. The van der Waals surface area contributed by atoms with Gasteiger partial charge in [-0.05, 0) is 20.0 Å². The molecule has 0 amide bonds. The summed E-state index contributed by atoms with van der Waals surface area (Å²) in [5, 5.41) is 9.98. The summed E-state index contributed by atoms with van der Waals surface area (Å²) in [6.45, 7) is 12.6. The van der Waals surface area contributed by atoms with Crippen molar-refractivity contribution >= 4 is 0 Å². The molecule has 1 N–H and O–H groups in total. The predicted octanol–water partition coefficient (Wildman–Crippen LogP) is 1.89. The minimum atomic E-state index is -0.310. The SMILES string of the molecule is C=CCn1c(C)cc(=O)c(O)c1CN(CC)CC. The minimum absolute atomic E-state index is 0.144. The van der Waals surface area contributed by atoms with Crippen LogP contribution in [0.4, 0.5) is 0 Å². The third-order valence-electron chi connectivity index (χ3n) is 3.18. The van der Waals surface area contributed by atoms with Crippen molar-refractivity contribution in [1.82, 2.24) is 9.47 Å². The number of aromatic nitrogens is 1. The van der Waals surface area contributed by atoms with Crippen molar-refractivity contribution in [1.29, 1.82) is 0 Å².